The average Bonchev–Trinajstić information content (AvgIpc) is 2.62. The van der Waals surface area contributed by atoms with Crippen LogP contribution in [0, 0.1) is 6.92 Å². The Morgan fingerprint density at radius 2 is 2.12 bits per heavy atom. The number of ether oxygens (including phenoxy) is 1. The van der Waals surface area contributed by atoms with Gasteiger partial charge in [-0.05, 0) is 30.7 Å². The van der Waals surface area contributed by atoms with Gasteiger partial charge in [0.15, 0.2) is 0 Å². The molecule has 3 N–H and O–H groups in total. The number of carbonyl (C=O) groups excluding carboxylic acids is 1. The third-order valence-electron chi connectivity index (χ3n) is 4.12. The molecule has 3 rings (SSSR count). The highest BCUT2D eigenvalue weighted by molar-refractivity contribution is 5.96. The van der Waals surface area contributed by atoms with E-state index < -0.39 is 0 Å². The summed E-state index contributed by atoms with van der Waals surface area (Å²) in [4.78, 5) is 19.1. The van der Waals surface area contributed by atoms with Crippen LogP contribution < -0.4 is 16.0 Å². The number of nitrogens with two attached hydrogens (primary N) is 1. The van der Waals surface area contributed by atoms with E-state index >= 15 is 0 Å². The third kappa shape index (κ3) is 3.65. The number of nitrogen functional groups attached to an aromatic ring is 1. The normalized spacial score (nSPS) is 14.5. The van der Waals surface area contributed by atoms with Gasteiger partial charge in [0.1, 0.15) is 5.82 Å². The number of benzene rings is 1. The molecule has 1 amide bonds. The average molecular weight is 326 g/mol. The zero-order valence-corrected chi connectivity index (χ0v) is 13.8. The van der Waals surface area contributed by atoms with Crippen LogP contribution in [0.25, 0.3) is 0 Å². The van der Waals surface area contributed by atoms with Gasteiger partial charge in [-0.1, -0.05) is 12.1 Å². The van der Waals surface area contributed by atoms with Crippen molar-refractivity contribution in [3.05, 3.63) is 53.2 Å². The molecule has 0 spiro atoms. The summed E-state index contributed by atoms with van der Waals surface area (Å²) in [5.74, 6) is 0.780. The molecule has 1 aromatic heterocycles. The van der Waals surface area contributed by atoms with Crippen LogP contribution >= 0.6 is 0 Å². The van der Waals surface area contributed by atoms with Crippen molar-refractivity contribution < 1.29 is 9.53 Å². The number of amides is 1. The molecule has 6 nitrogen and oxygen atoms in total. The lowest BCUT2D eigenvalue weighted by Gasteiger charge is -2.29. The Bertz CT molecular complexity index is 727. The standard InChI is InChI=1S/C18H22N4O2/c1-13-4-5-15(19)11-16(13)18(23)21-12-14-3-2-6-20-17(14)22-7-9-24-10-8-22/h2-6,11H,7-10,12,19H2,1H3,(H,21,23). The van der Waals surface area contributed by atoms with Crippen molar-refractivity contribution in [3.8, 4) is 0 Å². The number of rotatable bonds is 4. The smallest absolute Gasteiger partial charge is 0.251 e. The van der Waals surface area contributed by atoms with Crippen molar-refractivity contribution in [2.75, 3.05) is 36.9 Å². The number of carbonyl (C=O) groups is 1. The number of nitrogens with one attached hydrogen (secondary N) is 1. The molecule has 0 atom stereocenters. The molecule has 1 aromatic carbocycles. The Kier molecular flexibility index (Phi) is 4.96. The second kappa shape index (κ2) is 7.31. The first-order valence-corrected chi connectivity index (χ1v) is 8.06. The van der Waals surface area contributed by atoms with Crippen LogP contribution in [0.5, 0.6) is 0 Å². The van der Waals surface area contributed by atoms with Crippen molar-refractivity contribution in [1.82, 2.24) is 10.3 Å². The number of anilines is 2. The zero-order chi connectivity index (χ0) is 16.9. The molecule has 0 saturated carbocycles. The van der Waals surface area contributed by atoms with Crippen molar-refractivity contribution in [2.45, 2.75) is 13.5 Å². The number of morpholine rings is 1. The Labute approximate surface area is 141 Å². The van der Waals surface area contributed by atoms with E-state index in [1.165, 1.54) is 0 Å². The van der Waals surface area contributed by atoms with Gasteiger partial charge in [-0.15, -0.1) is 0 Å². The maximum atomic E-state index is 12.5. The minimum absolute atomic E-state index is 0.128. The predicted molar refractivity (Wildman–Crippen MR) is 94.0 cm³/mol. The molecule has 0 radical (unpaired) electrons. The third-order valence-corrected chi connectivity index (χ3v) is 4.12. The summed E-state index contributed by atoms with van der Waals surface area (Å²) in [6.07, 6.45) is 1.78. The van der Waals surface area contributed by atoms with Crippen LogP contribution in [0.1, 0.15) is 21.5 Å². The summed E-state index contributed by atoms with van der Waals surface area (Å²) in [5, 5.41) is 2.97. The van der Waals surface area contributed by atoms with Crippen molar-refractivity contribution >= 4 is 17.4 Å². The second-order valence-electron chi connectivity index (χ2n) is 5.84. The number of nitrogens with zero attached hydrogens (tertiary/aromatic N) is 2. The van der Waals surface area contributed by atoms with Crippen molar-refractivity contribution in [2.24, 2.45) is 0 Å². The maximum absolute atomic E-state index is 12.5. The van der Waals surface area contributed by atoms with Gasteiger partial charge in [-0.2, -0.15) is 0 Å². The summed E-state index contributed by atoms with van der Waals surface area (Å²) >= 11 is 0. The molecule has 2 aromatic rings. The Balaban J connectivity index is 1.72. The highest BCUT2D eigenvalue weighted by Crippen LogP contribution is 2.19. The monoisotopic (exact) mass is 326 g/mol. The second-order valence-corrected chi connectivity index (χ2v) is 5.84. The zero-order valence-electron chi connectivity index (χ0n) is 13.8. The predicted octanol–water partition coefficient (Wildman–Crippen LogP) is 1.74. The lowest BCUT2D eigenvalue weighted by molar-refractivity contribution is 0.0950. The SMILES string of the molecule is Cc1ccc(N)cc1C(=O)NCc1cccnc1N1CCOCC1. The van der Waals surface area contributed by atoms with Gasteiger partial charge >= 0.3 is 0 Å². The van der Waals surface area contributed by atoms with E-state index in [0.29, 0.717) is 31.0 Å². The van der Waals surface area contributed by atoms with Gasteiger partial charge in [0, 0.05) is 42.6 Å². The first-order chi connectivity index (χ1) is 11.6. The fourth-order valence-corrected chi connectivity index (χ4v) is 2.78. The number of hydrogen-bond acceptors (Lipinski definition) is 5. The van der Waals surface area contributed by atoms with E-state index in [1.54, 1.807) is 18.3 Å². The first-order valence-electron chi connectivity index (χ1n) is 8.06. The van der Waals surface area contributed by atoms with Gasteiger partial charge in [0.05, 0.1) is 13.2 Å². The highest BCUT2D eigenvalue weighted by Gasteiger charge is 2.16. The van der Waals surface area contributed by atoms with E-state index in [2.05, 4.69) is 15.2 Å². The fraction of sp³-hybridized carbons (Fsp3) is 0.333. The molecule has 1 saturated heterocycles. The number of hydrogen-bond donors (Lipinski definition) is 2. The molecular weight excluding hydrogens is 304 g/mol. The molecule has 0 bridgehead atoms. The molecule has 126 valence electrons. The van der Waals surface area contributed by atoms with Gasteiger partial charge in [-0.25, -0.2) is 4.98 Å². The fourth-order valence-electron chi connectivity index (χ4n) is 2.78. The Morgan fingerprint density at radius 3 is 2.92 bits per heavy atom. The van der Waals surface area contributed by atoms with Crippen molar-refractivity contribution in [1.29, 1.82) is 0 Å². The summed E-state index contributed by atoms with van der Waals surface area (Å²) in [6, 6.07) is 9.23. The summed E-state index contributed by atoms with van der Waals surface area (Å²) < 4.78 is 5.39. The molecule has 0 unspecified atom stereocenters. The summed E-state index contributed by atoms with van der Waals surface area (Å²) in [7, 11) is 0. The highest BCUT2D eigenvalue weighted by atomic mass is 16.5. The molecule has 1 aliphatic heterocycles. The minimum Gasteiger partial charge on any atom is -0.399 e. The first kappa shape index (κ1) is 16.3. The van der Waals surface area contributed by atoms with Crippen LogP contribution in [0.15, 0.2) is 36.5 Å². The topological polar surface area (TPSA) is 80.5 Å². The minimum atomic E-state index is -0.128. The van der Waals surface area contributed by atoms with Crippen LogP contribution in [-0.2, 0) is 11.3 Å². The van der Waals surface area contributed by atoms with E-state index in [1.807, 2.05) is 25.1 Å². The lowest BCUT2D eigenvalue weighted by atomic mass is 10.1. The van der Waals surface area contributed by atoms with Crippen LogP contribution in [0.2, 0.25) is 0 Å². The Morgan fingerprint density at radius 1 is 1.33 bits per heavy atom. The van der Waals surface area contributed by atoms with Crippen LogP contribution in [0.4, 0.5) is 11.5 Å². The van der Waals surface area contributed by atoms with E-state index in [9.17, 15) is 4.79 Å². The van der Waals surface area contributed by atoms with Gasteiger partial charge in [0.25, 0.3) is 5.91 Å². The van der Waals surface area contributed by atoms with Crippen LogP contribution in [-0.4, -0.2) is 37.2 Å². The Hall–Kier alpha value is -2.60. The molecular formula is C18H22N4O2. The van der Waals surface area contributed by atoms with Crippen molar-refractivity contribution in [3.63, 3.8) is 0 Å². The molecule has 1 fully saturated rings. The van der Waals surface area contributed by atoms with Gasteiger partial charge in [-0.3, -0.25) is 4.79 Å². The largest absolute Gasteiger partial charge is 0.399 e. The van der Waals surface area contributed by atoms with Gasteiger partial charge < -0.3 is 20.7 Å². The van der Waals surface area contributed by atoms with Crippen LogP contribution in [0.3, 0.4) is 0 Å². The number of aromatic nitrogens is 1. The molecule has 6 heteroatoms. The maximum Gasteiger partial charge on any atom is 0.251 e. The van der Waals surface area contributed by atoms with E-state index in [0.717, 1.165) is 30.0 Å². The summed E-state index contributed by atoms with van der Waals surface area (Å²) in [5.41, 5.74) is 8.87. The lowest BCUT2D eigenvalue weighted by Crippen LogP contribution is -2.37. The number of pyridine rings is 1. The summed E-state index contributed by atoms with van der Waals surface area (Å²) in [6.45, 7) is 5.35. The molecule has 0 aliphatic carbocycles. The van der Waals surface area contributed by atoms with E-state index in [-0.39, 0.29) is 5.91 Å². The van der Waals surface area contributed by atoms with Gasteiger partial charge in [0.2, 0.25) is 0 Å². The molecule has 1 aliphatic rings. The van der Waals surface area contributed by atoms with E-state index in [4.69, 9.17) is 10.5 Å². The molecule has 2 heterocycles. The quantitative estimate of drug-likeness (QED) is 0.837. The molecule has 24 heavy (non-hydrogen) atoms. The number of aryl methyl sites for hydroxylation is 1.